The van der Waals surface area contributed by atoms with E-state index in [2.05, 4.69) is 11.0 Å². The Bertz CT molecular complexity index is 645. The molecule has 2 heterocycles. The van der Waals surface area contributed by atoms with E-state index in [9.17, 15) is 4.79 Å². The van der Waals surface area contributed by atoms with Gasteiger partial charge in [-0.05, 0) is 29.1 Å². The molecule has 1 aliphatic rings. The van der Waals surface area contributed by atoms with Crippen LogP contribution in [0.1, 0.15) is 5.56 Å². The van der Waals surface area contributed by atoms with E-state index in [1.165, 1.54) is 10.1 Å². The van der Waals surface area contributed by atoms with Crippen LogP contribution in [0.25, 0.3) is 0 Å². The highest BCUT2D eigenvalue weighted by Crippen LogP contribution is 2.35. The normalized spacial score (nSPS) is 13.6. The summed E-state index contributed by atoms with van der Waals surface area (Å²) in [5, 5.41) is 5.09. The molecule has 0 unspecified atom stereocenters. The van der Waals surface area contributed by atoms with E-state index in [4.69, 9.17) is 16.4 Å². The Kier molecular flexibility index (Phi) is 4.14. The molecule has 0 saturated carbocycles. The molecule has 6 heteroatoms. The number of amides is 1. The quantitative estimate of drug-likeness (QED) is 0.846. The van der Waals surface area contributed by atoms with Crippen molar-refractivity contribution in [1.82, 2.24) is 0 Å². The van der Waals surface area contributed by atoms with Crippen molar-refractivity contribution in [3.63, 3.8) is 0 Å². The van der Waals surface area contributed by atoms with Gasteiger partial charge in [0.25, 0.3) is 5.91 Å². The van der Waals surface area contributed by atoms with Gasteiger partial charge in [0.2, 0.25) is 0 Å². The van der Waals surface area contributed by atoms with Crippen LogP contribution in [0, 0.1) is 0 Å². The number of thiophene rings is 1. The molecule has 1 aromatic heterocycles. The lowest BCUT2D eigenvalue weighted by Crippen LogP contribution is -2.31. The number of likely N-dealkylation sites (N-methyl/N-ethyl adjacent to an activating group) is 1. The summed E-state index contributed by atoms with van der Waals surface area (Å²) in [4.78, 5) is 19.8. The van der Waals surface area contributed by atoms with Gasteiger partial charge in [-0.15, -0.1) is 11.3 Å². The minimum absolute atomic E-state index is 0.0723. The molecule has 0 radical (unpaired) electrons. The van der Waals surface area contributed by atoms with Gasteiger partial charge >= 0.3 is 0 Å². The molecule has 0 fully saturated rings. The first-order valence-corrected chi connectivity index (χ1v) is 7.90. The predicted octanol–water partition coefficient (Wildman–Crippen LogP) is 3.36. The molecule has 21 heavy (non-hydrogen) atoms. The second-order valence-electron chi connectivity index (χ2n) is 4.82. The zero-order valence-electron chi connectivity index (χ0n) is 11.6. The fraction of sp³-hybridized carbons (Fsp3) is 0.267. The van der Waals surface area contributed by atoms with Gasteiger partial charge in [0.05, 0.1) is 28.7 Å². The highest BCUT2D eigenvalue weighted by Gasteiger charge is 2.30. The van der Waals surface area contributed by atoms with Crippen molar-refractivity contribution >= 4 is 39.5 Å². The second kappa shape index (κ2) is 6.05. The molecule has 4 nitrogen and oxygen atoms in total. The topological polar surface area (TPSA) is 32.8 Å². The lowest BCUT2D eigenvalue weighted by Gasteiger charge is -2.21. The highest BCUT2D eigenvalue weighted by molar-refractivity contribution is 7.14. The second-order valence-corrected chi connectivity index (χ2v) is 6.15. The standard InChI is InChI=1S/C15H15ClN2O2S/c1-17(14-6-3-9-21-14)7-8-20-18-13(19)10-11-4-2-5-12(16)15(11)18/h2-6,9H,7-8,10H2,1H3. The number of carbonyl (C=O) groups is 1. The Morgan fingerprint density at radius 2 is 2.24 bits per heavy atom. The van der Waals surface area contributed by atoms with Crippen LogP contribution in [0.15, 0.2) is 35.7 Å². The monoisotopic (exact) mass is 322 g/mol. The summed E-state index contributed by atoms with van der Waals surface area (Å²) in [5.74, 6) is -0.0723. The van der Waals surface area contributed by atoms with Crippen molar-refractivity contribution in [3.05, 3.63) is 46.3 Å². The summed E-state index contributed by atoms with van der Waals surface area (Å²) < 4.78 is 0. The van der Waals surface area contributed by atoms with Crippen molar-refractivity contribution in [2.75, 3.05) is 30.2 Å². The maximum Gasteiger partial charge on any atom is 0.255 e. The minimum atomic E-state index is -0.0723. The number of benzene rings is 1. The van der Waals surface area contributed by atoms with Crippen LogP contribution in [-0.4, -0.2) is 26.1 Å². The van der Waals surface area contributed by atoms with Gasteiger partial charge in [0.15, 0.2) is 0 Å². The number of fused-ring (bicyclic) bond motifs is 1. The van der Waals surface area contributed by atoms with Crippen LogP contribution < -0.4 is 9.96 Å². The molecule has 0 saturated heterocycles. The third kappa shape index (κ3) is 2.90. The minimum Gasteiger partial charge on any atom is -0.364 e. The molecule has 0 spiro atoms. The summed E-state index contributed by atoms with van der Waals surface area (Å²) in [6, 6.07) is 9.59. The zero-order valence-corrected chi connectivity index (χ0v) is 13.2. The van der Waals surface area contributed by atoms with Gasteiger partial charge < -0.3 is 4.90 Å². The Morgan fingerprint density at radius 1 is 1.38 bits per heavy atom. The van der Waals surface area contributed by atoms with Crippen molar-refractivity contribution in [1.29, 1.82) is 0 Å². The van der Waals surface area contributed by atoms with Crippen molar-refractivity contribution in [2.45, 2.75) is 6.42 Å². The number of nitrogens with zero attached hydrogens (tertiary/aromatic N) is 2. The SMILES string of the molecule is CN(CCON1C(=O)Cc2cccc(Cl)c21)c1cccs1. The molecule has 3 rings (SSSR count). The van der Waals surface area contributed by atoms with Gasteiger partial charge in [-0.25, -0.2) is 0 Å². The molecule has 0 aliphatic carbocycles. The number of hydrogen-bond acceptors (Lipinski definition) is 4. The smallest absolute Gasteiger partial charge is 0.255 e. The predicted molar refractivity (Wildman–Crippen MR) is 86.2 cm³/mol. The molecule has 110 valence electrons. The Hall–Kier alpha value is -1.56. The molecule has 1 amide bonds. The van der Waals surface area contributed by atoms with Gasteiger partial charge in [-0.2, -0.15) is 5.06 Å². The van der Waals surface area contributed by atoms with E-state index >= 15 is 0 Å². The maximum absolute atomic E-state index is 12.0. The van der Waals surface area contributed by atoms with Gasteiger partial charge in [-0.1, -0.05) is 23.7 Å². The lowest BCUT2D eigenvalue weighted by atomic mass is 10.2. The van der Waals surface area contributed by atoms with Crippen LogP contribution in [0.5, 0.6) is 0 Å². The third-order valence-electron chi connectivity index (χ3n) is 3.37. The molecule has 0 N–H and O–H groups in total. The van der Waals surface area contributed by atoms with E-state index in [0.29, 0.717) is 30.3 Å². The van der Waals surface area contributed by atoms with Crippen molar-refractivity contribution < 1.29 is 9.63 Å². The van der Waals surface area contributed by atoms with Gasteiger partial charge in [0, 0.05) is 13.6 Å². The first-order valence-electron chi connectivity index (χ1n) is 6.64. The summed E-state index contributed by atoms with van der Waals surface area (Å²) in [5.41, 5.74) is 1.60. The van der Waals surface area contributed by atoms with Gasteiger partial charge in [0.1, 0.15) is 0 Å². The highest BCUT2D eigenvalue weighted by atomic mass is 35.5. The molecule has 1 aromatic carbocycles. The number of halogens is 1. The van der Waals surface area contributed by atoms with E-state index < -0.39 is 0 Å². The van der Waals surface area contributed by atoms with E-state index in [1.54, 1.807) is 17.4 Å². The number of hydrogen-bond donors (Lipinski definition) is 0. The summed E-state index contributed by atoms with van der Waals surface area (Å²) in [6.45, 7) is 1.12. The van der Waals surface area contributed by atoms with Crippen molar-refractivity contribution in [3.8, 4) is 0 Å². The maximum atomic E-state index is 12.0. The first kappa shape index (κ1) is 14.4. The zero-order chi connectivity index (χ0) is 14.8. The van der Waals surface area contributed by atoms with Crippen LogP contribution in [0.3, 0.4) is 0 Å². The molecule has 0 bridgehead atoms. The average molecular weight is 323 g/mol. The summed E-state index contributed by atoms with van der Waals surface area (Å²) >= 11 is 7.84. The lowest BCUT2D eigenvalue weighted by molar-refractivity contribution is -0.124. The van der Waals surface area contributed by atoms with Crippen molar-refractivity contribution in [2.24, 2.45) is 0 Å². The fourth-order valence-corrected chi connectivity index (χ4v) is 3.29. The Labute approximate surface area is 132 Å². The summed E-state index contributed by atoms with van der Waals surface area (Å²) in [7, 11) is 2.00. The summed E-state index contributed by atoms with van der Waals surface area (Å²) in [6.07, 6.45) is 0.344. The van der Waals surface area contributed by atoms with E-state index in [0.717, 1.165) is 5.56 Å². The number of para-hydroxylation sites is 1. The van der Waals surface area contributed by atoms with Crippen LogP contribution >= 0.6 is 22.9 Å². The molecule has 0 atom stereocenters. The number of carbonyl (C=O) groups excluding carboxylic acids is 1. The molecular formula is C15H15ClN2O2S. The average Bonchev–Trinajstić information content (AvgIpc) is 3.08. The Balaban J connectivity index is 1.63. The van der Waals surface area contributed by atoms with Gasteiger partial charge in [-0.3, -0.25) is 9.63 Å². The van der Waals surface area contributed by atoms with E-state index in [1.807, 2.05) is 30.6 Å². The van der Waals surface area contributed by atoms with E-state index in [-0.39, 0.29) is 5.91 Å². The van der Waals surface area contributed by atoms with Crippen LogP contribution in [0.4, 0.5) is 10.7 Å². The molecule has 2 aromatic rings. The first-order chi connectivity index (χ1) is 10.2. The number of anilines is 2. The van der Waals surface area contributed by atoms with Crippen LogP contribution in [-0.2, 0) is 16.1 Å². The number of hydroxylamine groups is 1. The largest absolute Gasteiger partial charge is 0.364 e. The van der Waals surface area contributed by atoms with Crippen LogP contribution in [0.2, 0.25) is 5.02 Å². The molecule has 1 aliphatic heterocycles. The Morgan fingerprint density at radius 3 is 3.00 bits per heavy atom. The number of rotatable bonds is 5. The fourth-order valence-electron chi connectivity index (χ4n) is 2.29. The third-order valence-corrected chi connectivity index (χ3v) is 4.66. The molecular weight excluding hydrogens is 308 g/mol.